The van der Waals surface area contributed by atoms with Crippen LogP contribution in [0.3, 0.4) is 0 Å². The van der Waals surface area contributed by atoms with Gasteiger partial charge in [-0.3, -0.25) is 0 Å². The molecule has 0 spiro atoms. The summed E-state index contributed by atoms with van der Waals surface area (Å²) in [5, 5.41) is 89.1. The van der Waals surface area contributed by atoms with Crippen LogP contribution >= 0.6 is 0 Å². The second-order valence-corrected chi connectivity index (χ2v) is 29.9. The van der Waals surface area contributed by atoms with E-state index in [9.17, 15) is 20.4 Å². The molecule has 4 aromatic rings. The molecule has 4 saturated carbocycles. The molecule has 670 valence electrons. The first-order valence-electron chi connectivity index (χ1n) is 39.2. The van der Waals surface area contributed by atoms with E-state index in [1.165, 1.54) is 0 Å². The minimum absolute atomic E-state index is 0. The molecule has 4 aliphatic carbocycles. The molecule has 4 aromatic carbocycles. The van der Waals surface area contributed by atoms with Gasteiger partial charge in [-0.05, 0) is 215 Å². The van der Waals surface area contributed by atoms with Gasteiger partial charge in [0, 0.05) is 127 Å². The second-order valence-electron chi connectivity index (χ2n) is 29.9. The number of aliphatic hydroxyl groups excluding tert-OH is 11. The Bertz CT molecular complexity index is 2070. The Balaban J connectivity index is -0.000000106. The van der Waals surface area contributed by atoms with Crippen LogP contribution in [0.5, 0.6) is 23.0 Å². The Labute approximate surface area is 763 Å². The number of ether oxygens (including phenoxy) is 4. The number of aliphatic hydroxyl groups is 11. The van der Waals surface area contributed by atoms with Crippen molar-refractivity contribution in [1.82, 2.24) is 0 Å². The summed E-state index contributed by atoms with van der Waals surface area (Å²) < 4.78 is 23.5. The average Bonchev–Trinajstić information content (AvgIpc) is 1.38. The summed E-state index contributed by atoms with van der Waals surface area (Å²) in [5.41, 5.74) is 4.25. The zero-order chi connectivity index (χ0) is 81.4. The van der Waals surface area contributed by atoms with E-state index >= 15 is 0 Å². The number of hydrogen-bond acceptors (Lipinski definition) is 15. The first kappa shape index (κ1) is 144. The zero-order valence-corrected chi connectivity index (χ0v) is 85.2. The van der Waals surface area contributed by atoms with Gasteiger partial charge in [0.25, 0.3) is 0 Å². The maximum absolute atomic E-state index is 10.0. The van der Waals surface area contributed by atoms with E-state index in [1.807, 2.05) is 76.2 Å². The molecule has 0 aliphatic heterocycles. The van der Waals surface area contributed by atoms with E-state index in [0.717, 1.165) is 190 Å². The molecule has 0 bridgehead atoms. The summed E-state index contributed by atoms with van der Waals surface area (Å²) in [6, 6.07) is 32.1. The quantitative estimate of drug-likeness (QED) is 0.0273. The van der Waals surface area contributed by atoms with Gasteiger partial charge in [-0.1, -0.05) is 215 Å². The third-order valence-electron chi connectivity index (χ3n) is 25.5. The summed E-state index contributed by atoms with van der Waals surface area (Å²) in [5.74, 6) is 21.1. The fourth-order valence-corrected chi connectivity index (χ4v) is 15.1. The summed E-state index contributed by atoms with van der Waals surface area (Å²) in [6.07, 6.45) is 0.354. The van der Waals surface area contributed by atoms with E-state index in [4.69, 9.17) is 54.7 Å². The van der Waals surface area contributed by atoms with E-state index < -0.39 is 24.4 Å². The van der Waals surface area contributed by atoms with Crippen molar-refractivity contribution in [2.45, 2.75) is 228 Å². The van der Waals surface area contributed by atoms with Crippen LogP contribution < -0.4 is 18.9 Å². The molecule has 4 aliphatic rings. The van der Waals surface area contributed by atoms with E-state index in [0.29, 0.717) is 48.7 Å². The van der Waals surface area contributed by atoms with Gasteiger partial charge in [-0.2, -0.15) is 0 Å². The number of hydrogen-bond donors (Lipinski definition) is 11. The molecule has 114 heavy (non-hydrogen) atoms. The summed E-state index contributed by atoms with van der Waals surface area (Å²) >= 11 is 0. The molecule has 8 rings (SSSR count). The normalized spacial score (nSPS) is 26.4. The summed E-state index contributed by atoms with van der Waals surface area (Å²) in [7, 11) is 7.00. The molecule has 4 fully saturated rings. The molecular formula is C94H179O16Ti4-3. The fourth-order valence-electron chi connectivity index (χ4n) is 15.1. The standard InChI is InChI=1S/C42H54O8.4C10H20.7CH4O.5CH3.H2O.4Ti/c1-5-33(43)25-47-37-17-9-29(10-18-37)41(30-11-19-38(20-12-30)48-26-34(44)6-2)42(31-13-21-39(22-14-31)49-27-35(45)7-3)32-15-23-40(24-16-32)50-28-36(46)8-4;4*1-6-7(2)9(4)10(5)8(6)3;7*1-2;;;;;;;;;;/h9-24,33-36,41-46H,5-8,25-28H2,1-4H3;4*6-10H,1-5H3;7*2H,1H3;5*1H3;1H2;;;;/q;;;;;;;;;;;;5*-1;;;;;+2. The first-order chi connectivity index (χ1) is 49.4. The zero-order valence-electron chi connectivity index (χ0n) is 79.0. The second kappa shape index (κ2) is 82.4. The average molecular weight is 1760 g/mol. The van der Waals surface area contributed by atoms with Crippen molar-refractivity contribution >= 4 is 0 Å². The van der Waals surface area contributed by atoms with Crippen LogP contribution in [0.15, 0.2) is 97.1 Å². The molecule has 4 unspecified atom stereocenters. The minimum atomic E-state index is -0.527. The maximum Gasteiger partial charge on any atom is 2.00 e. The molecular weight excluding hydrogens is 1580 g/mol. The predicted octanol–water partition coefficient (Wildman–Crippen LogP) is 18.6. The van der Waals surface area contributed by atoms with Gasteiger partial charge in [-0.15, -0.1) is 0 Å². The molecule has 0 radical (unpaired) electrons. The van der Waals surface area contributed by atoms with Crippen LogP contribution in [0.4, 0.5) is 0 Å². The number of benzene rings is 4. The van der Waals surface area contributed by atoms with Crippen molar-refractivity contribution in [3.8, 4) is 23.0 Å². The fraction of sp³-hybridized carbons (Fsp3) is 0.691. The van der Waals surface area contributed by atoms with Crippen LogP contribution in [0, 0.1) is 155 Å². The van der Waals surface area contributed by atoms with Gasteiger partial charge < -0.3 is 118 Å². The maximum atomic E-state index is 10.0. The third kappa shape index (κ3) is 47.8. The first-order valence-corrected chi connectivity index (χ1v) is 39.2. The molecule has 0 amide bonds. The Morgan fingerprint density at radius 3 is 0.386 bits per heavy atom. The van der Waals surface area contributed by atoms with Crippen molar-refractivity contribution < 1.29 is 167 Å². The van der Waals surface area contributed by atoms with E-state index in [2.05, 4.69) is 187 Å². The predicted molar refractivity (Wildman–Crippen MR) is 473 cm³/mol. The topological polar surface area (TPSA) is 291 Å². The van der Waals surface area contributed by atoms with E-state index in [-0.39, 0.29) is 168 Å². The molecule has 4 atom stereocenters. The van der Waals surface area contributed by atoms with Crippen molar-refractivity contribution in [2.75, 3.05) is 76.2 Å². The summed E-state index contributed by atoms with van der Waals surface area (Å²) in [6.45, 7) is 56.6. The van der Waals surface area contributed by atoms with Crippen LogP contribution in [0.25, 0.3) is 0 Å². The van der Waals surface area contributed by atoms with Gasteiger partial charge in [0.15, 0.2) is 0 Å². The van der Waals surface area contributed by atoms with Crippen LogP contribution in [-0.2, 0) is 86.9 Å². The van der Waals surface area contributed by atoms with Crippen LogP contribution in [0.1, 0.15) is 226 Å². The third-order valence-corrected chi connectivity index (χ3v) is 25.5. The van der Waals surface area contributed by atoms with Crippen LogP contribution in [-0.4, -0.2) is 162 Å². The van der Waals surface area contributed by atoms with Crippen LogP contribution in [0.2, 0.25) is 0 Å². The molecule has 0 heterocycles. The van der Waals surface area contributed by atoms with Crippen molar-refractivity contribution in [1.29, 1.82) is 0 Å². The Morgan fingerprint density at radius 1 is 0.219 bits per heavy atom. The van der Waals surface area contributed by atoms with Crippen molar-refractivity contribution in [2.24, 2.45) is 118 Å². The Hall–Kier alpha value is -1.54. The van der Waals surface area contributed by atoms with E-state index in [1.54, 1.807) is 0 Å². The van der Waals surface area contributed by atoms with Crippen molar-refractivity contribution in [3.63, 3.8) is 0 Å². The van der Waals surface area contributed by atoms with Gasteiger partial charge >= 0.3 is 21.7 Å². The monoisotopic (exact) mass is 1760 g/mol. The Morgan fingerprint density at radius 2 is 0.307 bits per heavy atom. The molecule has 0 aromatic heterocycles. The Kier molecular flexibility index (Phi) is 104. The molecule has 16 nitrogen and oxygen atoms in total. The SMILES string of the molecule is CC1C(C)C(C)C(C)C1C.CC1C(C)C(C)C(C)C1C.CC1C(C)C(C)C(C)C1C.CC1C(C)C(C)C(C)C1C.CCC(O)COc1ccc(C(c2ccc(OCC(O)CC)cc2)C(c2ccc(OCC(O)CC)cc2)c2ccc(OCC(O)CC)cc2)cc1.CO.CO.CO.CO.CO.CO.CO.O.[CH3-].[CH3-].[CH3-].[CH3-].[CH3-].[Ti+2].[Ti].[Ti].[Ti]. The number of rotatable bonds is 21. The molecule has 13 N–H and O–H groups in total. The van der Waals surface area contributed by atoms with Crippen molar-refractivity contribution in [3.05, 3.63) is 156 Å². The van der Waals surface area contributed by atoms with Gasteiger partial charge in [0.05, 0.1) is 24.4 Å². The van der Waals surface area contributed by atoms with Gasteiger partial charge in [-0.25, -0.2) is 0 Å². The largest absolute Gasteiger partial charge is 2.00 e. The smallest absolute Gasteiger partial charge is 0.491 e. The summed E-state index contributed by atoms with van der Waals surface area (Å²) in [4.78, 5) is 0. The van der Waals surface area contributed by atoms with Gasteiger partial charge in [0.2, 0.25) is 0 Å². The minimum Gasteiger partial charge on any atom is -0.491 e. The van der Waals surface area contributed by atoms with Gasteiger partial charge in [0.1, 0.15) is 49.4 Å². The molecule has 0 saturated heterocycles. The molecule has 20 heteroatoms.